The van der Waals surface area contributed by atoms with Crippen LogP contribution in [0, 0.1) is 17.8 Å². The predicted octanol–water partition coefficient (Wildman–Crippen LogP) is 4.02. The highest BCUT2D eigenvalue weighted by Gasteiger charge is 2.43. The summed E-state index contributed by atoms with van der Waals surface area (Å²) in [6.45, 7) is 0. The molecule has 0 spiro atoms. The first-order valence-corrected chi connectivity index (χ1v) is 7.36. The van der Waals surface area contributed by atoms with Gasteiger partial charge in [-0.15, -0.1) is 0 Å². The number of carbonyl (C=O) groups is 1. The first kappa shape index (κ1) is 11.2. The van der Waals surface area contributed by atoms with Gasteiger partial charge in [-0.2, -0.15) is 0 Å². The lowest BCUT2D eigenvalue weighted by Gasteiger charge is -2.10. The van der Waals surface area contributed by atoms with Crippen LogP contribution in [0.1, 0.15) is 31.2 Å². The number of allylic oxidation sites excluding steroid dienone is 4. The molecule has 3 aliphatic rings. The van der Waals surface area contributed by atoms with E-state index in [4.69, 9.17) is 0 Å². The maximum Gasteiger partial charge on any atom is 0.171 e. The molecule has 0 aliphatic heterocycles. The van der Waals surface area contributed by atoms with E-state index < -0.39 is 0 Å². The van der Waals surface area contributed by atoms with Gasteiger partial charge in [0.25, 0.3) is 0 Å². The third-order valence-corrected chi connectivity index (χ3v) is 4.45. The van der Waals surface area contributed by atoms with E-state index >= 15 is 0 Å². The molecule has 19 heavy (non-hydrogen) atoms. The molecule has 1 aromatic carbocycles. The Labute approximate surface area is 114 Å². The summed E-state index contributed by atoms with van der Waals surface area (Å²) in [6, 6.07) is 10.1. The minimum atomic E-state index is 0.177. The van der Waals surface area contributed by atoms with Crippen LogP contribution in [0.4, 0.5) is 0 Å². The van der Waals surface area contributed by atoms with Gasteiger partial charge in [-0.05, 0) is 54.7 Å². The van der Waals surface area contributed by atoms with Gasteiger partial charge in [0.2, 0.25) is 0 Å². The van der Waals surface area contributed by atoms with Crippen molar-refractivity contribution < 1.29 is 4.79 Å². The number of hydrogen-bond donors (Lipinski definition) is 0. The molecular formula is C18H18O. The Kier molecular flexibility index (Phi) is 2.48. The van der Waals surface area contributed by atoms with E-state index in [-0.39, 0.29) is 5.92 Å². The Morgan fingerprint density at radius 3 is 2.37 bits per heavy atom. The molecule has 1 heteroatoms. The van der Waals surface area contributed by atoms with Crippen LogP contribution in [0.25, 0.3) is 5.57 Å². The lowest BCUT2D eigenvalue weighted by atomic mass is 9.92. The first-order chi connectivity index (χ1) is 9.33. The predicted molar refractivity (Wildman–Crippen MR) is 76.4 cm³/mol. The van der Waals surface area contributed by atoms with Crippen molar-refractivity contribution in [3.05, 3.63) is 53.6 Å². The maximum absolute atomic E-state index is 12.7. The molecule has 1 aromatic rings. The Balaban J connectivity index is 1.72. The van der Waals surface area contributed by atoms with Gasteiger partial charge in [0, 0.05) is 11.5 Å². The Bertz CT molecular complexity index is 571. The molecular weight excluding hydrogens is 232 g/mol. The molecule has 0 N–H and O–H groups in total. The molecule has 4 rings (SSSR count). The molecule has 0 radical (unpaired) electrons. The second-order valence-electron chi connectivity index (χ2n) is 6.11. The fraction of sp³-hybridized carbons (Fsp3) is 0.389. The van der Waals surface area contributed by atoms with Crippen molar-refractivity contribution in [3.8, 4) is 0 Å². The number of hydrogen-bond acceptors (Lipinski definition) is 1. The number of ketones is 1. The highest BCUT2D eigenvalue weighted by molar-refractivity contribution is 6.26. The standard InChI is InChI=1S/C18H18O/c19-18-16(13-4-2-1-3-5-13)11-15(10-12-6-7-12)17(18)14-8-9-14/h1-5,10-12,14,17H,6-9H2/b15-10-. The van der Waals surface area contributed by atoms with Crippen LogP contribution < -0.4 is 0 Å². The van der Waals surface area contributed by atoms with Gasteiger partial charge < -0.3 is 0 Å². The summed E-state index contributed by atoms with van der Waals surface area (Å²) in [5, 5.41) is 0. The van der Waals surface area contributed by atoms with Crippen molar-refractivity contribution >= 4 is 11.4 Å². The molecule has 0 amide bonds. The quantitative estimate of drug-likeness (QED) is 0.792. The highest BCUT2D eigenvalue weighted by atomic mass is 16.1. The van der Waals surface area contributed by atoms with Crippen LogP contribution in [0.3, 0.4) is 0 Å². The smallest absolute Gasteiger partial charge is 0.171 e. The molecule has 1 atom stereocenters. The van der Waals surface area contributed by atoms with Crippen LogP contribution in [0.5, 0.6) is 0 Å². The lowest BCUT2D eigenvalue weighted by Crippen LogP contribution is -2.13. The summed E-state index contributed by atoms with van der Waals surface area (Å²) >= 11 is 0. The number of carbonyl (C=O) groups excluding carboxylic acids is 1. The molecule has 0 heterocycles. The van der Waals surface area contributed by atoms with E-state index in [1.54, 1.807) is 0 Å². The fourth-order valence-corrected chi connectivity index (χ4v) is 3.09. The molecule has 1 unspecified atom stereocenters. The average Bonchev–Trinajstić information content (AvgIpc) is 3.32. The largest absolute Gasteiger partial charge is 0.293 e. The molecule has 96 valence electrons. The van der Waals surface area contributed by atoms with E-state index in [9.17, 15) is 4.79 Å². The van der Waals surface area contributed by atoms with E-state index in [1.807, 2.05) is 30.3 Å². The molecule has 1 nitrogen and oxygen atoms in total. The van der Waals surface area contributed by atoms with Crippen LogP contribution >= 0.6 is 0 Å². The monoisotopic (exact) mass is 250 g/mol. The van der Waals surface area contributed by atoms with E-state index in [0.29, 0.717) is 11.7 Å². The maximum atomic E-state index is 12.7. The average molecular weight is 250 g/mol. The zero-order chi connectivity index (χ0) is 12.8. The summed E-state index contributed by atoms with van der Waals surface area (Å²) in [5.41, 5.74) is 3.33. The van der Waals surface area contributed by atoms with Gasteiger partial charge in [-0.3, -0.25) is 4.79 Å². The summed E-state index contributed by atoms with van der Waals surface area (Å²) < 4.78 is 0. The first-order valence-electron chi connectivity index (χ1n) is 7.36. The van der Waals surface area contributed by atoms with Gasteiger partial charge in [0.05, 0.1) is 0 Å². The van der Waals surface area contributed by atoms with Gasteiger partial charge in [-0.1, -0.05) is 36.4 Å². The second kappa shape index (κ2) is 4.19. The van der Waals surface area contributed by atoms with Crippen LogP contribution in [-0.2, 0) is 4.79 Å². The molecule has 0 saturated heterocycles. The SMILES string of the molecule is O=C1C(c2ccccc2)=C/C(=C/C2CC2)C1C1CC1. The zero-order valence-electron chi connectivity index (χ0n) is 11.0. The van der Waals surface area contributed by atoms with Crippen LogP contribution in [0.2, 0.25) is 0 Å². The van der Waals surface area contributed by atoms with Gasteiger partial charge >= 0.3 is 0 Å². The van der Waals surface area contributed by atoms with Crippen molar-refractivity contribution in [3.63, 3.8) is 0 Å². The van der Waals surface area contributed by atoms with Crippen molar-refractivity contribution in [2.24, 2.45) is 17.8 Å². The second-order valence-corrected chi connectivity index (χ2v) is 6.11. The molecule has 3 aliphatic carbocycles. The van der Waals surface area contributed by atoms with Crippen LogP contribution in [0.15, 0.2) is 48.1 Å². The van der Waals surface area contributed by atoms with Crippen LogP contribution in [-0.4, -0.2) is 5.78 Å². The number of benzene rings is 1. The number of rotatable bonds is 3. The number of Topliss-reactive ketones (excluding diaryl/α,β-unsaturated/α-hetero) is 1. The highest BCUT2D eigenvalue weighted by Crippen LogP contribution is 2.48. The van der Waals surface area contributed by atoms with Crippen molar-refractivity contribution in [1.82, 2.24) is 0 Å². The van der Waals surface area contributed by atoms with E-state index in [0.717, 1.165) is 17.1 Å². The Morgan fingerprint density at radius 2 is 1.74 bits per heavy atom. The van der Waals surface area contributed by atoms with Gasteiger partial charge in [0.1, 0.15) is 0 Å². The zero-order valence-corrected chi connectivity index (χ0v) is 11.0. The molecule has 2 fully saturated rings. The molecule has 2 saturated carbocycles. The van der Waals surface area contributed by atoms with E-state index in [1.165, 1.54) is 31.3 Å². The third kappa shape index (κ3) is 2.07. The minimum absolute atomic E-state index is 0.177. The van der Waals surface area contributed by atoms with Crippen molar-refractivity contribution in [2.45, 2.75) is 25.7 Å². The summed E-state index contributed by atoms with van der Waals surface area (Å²) in [6.07, 6.45) is 9.62. The summed E-state index contributed by atoms with van der Waals surface area (Å²) in [7, 11) is 0. The third-order valence-electron chi connectivity index (χ3n) is 4.45. The van der Waals surface area contributed by atoms with Crippen molar-refractivity contribution in [1.29, 1.82) is 0 Å². The topological polar surface area (TPSA) is 17.1 Å². The molecule has 0 aromatic heterocycles. The van der Waals surface area contributed by atoms with Gasteiger partial charge in [-0.25, -0.2) is 0 Å². The Hall–Kier alpha value is -1.63. The normalized spacial score (nSPS) is 28.8. The summed E-state index contributed by atoms with van der Waals surface area (Å²) in [4.78, 5) is 12.7. The van der Waals surface area contributed by atoms with E-state index in [2.05, 4.69) is 12.2 Å². The summed E-state index contributed by atoms with van der Waals surface area (Å²) in [5.74, 6) is 1.90. The lowest BCUT2D eigenvalue weighted by molar-refractivity contribution is -0.116. The minimum Gasteiger partial charge on any atom is -0.293 e. The van der Waals surface area contributed by atoms with Gasteiger partial charge in [0.15, 0.2) is 5.78 Å². The molecule has 0 bridgehead atoms. The fourth-order valence-electron chi connectivity index (χ4n) is 3.09. The Morgan fingerprint density at radius 1 is 1.00 bits per heavy atom. The van der Waals surface area contributed by atoms with Crippen molar-refractivity contribution in [2.75, 3.05) is 0 Å².